The predicted molar refractivity (Wildman–Crippen MR) is 89.3 cm³/mol. The van der Waals surface area contributed by atoms with Gasteiger partial charge in [0.1, 0.15) is 12.3 Å². The van der Waals surface area contributed by atoms with Crippen molar-refractivity contribution < 1.29 is 38.2 Å². The van der Waals surface area contributed by atoms with Gasteiger partial charge in [-0.2, -0.15) is 5.01 Å². The fourth-order valence-electron chi connectivity index (χ4n) is 3.49. The van der Waals surface area contributed by atoms with Gasteiger partial charge in [-0.25, -0.2) is 23.2 Å². The summed E-state index contributed by atoms with van der Waals surface area (Å²) in [4.78, 5) is 0. The van der Waals surface area contributed by atoms with E-state index in [1.807, 2.05) is 6.07 Å². The van der Waals surface area contributed by atoms with Crippen molar-refractivity contribution in [3.8, 4) is 5.75 Å². The van der Waals surface area contributed by atoms with Crippen LogP contribution in [0, 0.1) is 10.2 Å². The molecule has 2 aromatic rings. The number of rotatable bonds is 4. The van der Waals surface area contributed by atoms with Gasteiger partial charge in [0.15, 0.2) is 0 Å². The minimum absolute atomic E-state index is 0.497. The van der Waals surface area contributed by atoms with Gasteiger partial charge >= 0.3 is 0 Å². The van der Waals surface area contributed by atoms with E-state index in [4.69, 9.17) is 23.4 Å². The lowest BCUT2D eigenvalue weighted by Crippen LogP contribution is -2.68. The van der Waals surface area contributed by atoms with Crippen LogP contribution in [0.2, 0.25) is 0 Å². The first kappa shape index (κ1) is 21.6. The molecule has 1 aliphatic rings. The van der Waals surface area contributed by atoms with Gasteiger partial charge in [0.25, 0.3) is 0 Å². The zero-order valence-electron chi connectivity index (χ0n) is 15.7. The zero-order chi connectivity index (χ0) is 20.1. The summed E-state index contributed by atoms with van der Waals surface area (Å²) in [6.45, 7) is 2.16. The molecule has 0 amide bonds. The highest BCUT2D eigenvalue weighted by Crippen LogP contribution is 2.36. The standard InChI is InChI=1S/C19H25N2O.ClHO4/c1-20-19(17-9-5-4-6-10-17)12-13-21(20,2)15-16-8-7-11-18(14-16)22-3;2-1(3,4)5/h4-11,14,19H,12-13,15H2,1-3H3;(H,2,3,4,5)/q+1;/p-1. The van der Waals surface area contributed by atoms with E-state index in [-0.39, 0.29) is 0 Å². The summed E-state index contributed by atoms with van der Waals surface area (Å²) in [5, 5.41) is 2.49. The molecule has 8 heteroatoms. The van der Waals surface area contributed by atoms with Crippen molar-refractivity contribution in [2.75, 3.05) is 27.7 Å². The van der Waals surface area contributed by atoms with Gasteiger partial charge < -0.3 is 4.74 Å². The maximum Gasteiger partial charge on any atom is 0.122 e. The minimum Gasteiger partial charge on any atom is -0.497 e. The molecule has 3 rings (SSSR count). The normalized spacial score (nSPS) is 22.9. The Morgan fingerprint density at radius 2 is 1.70 bits per heavy atom. The maximum atomic E-state index is 8.49. The lowest BCUT2D eigenvalue weighted by molar-refractivity contribution is -2.00. The highest BCUT2D eigenvalue weighted by atomic mass is 35.7. The Kier molecular flexibility index (Phi) is 7.19. The van der Waals surface area contributed by atoms with Crippen LogP contribution in [-0.2, 0) is 6.54 Å². The van der Waals surface area contributed by atoms with E-state index in [2.05, 4.69) is 67.6 Å². The van der Waals surface area contributed by atoms with Crippen LogP contribution in [0.3, 0.4) is 0 Å². The van der Waals surface area contributed by atoms with Crippen LogP contribution in [0.1, 0.15) is 23.6 Å². The first-order valence-corrected chi connectivity index (χ1v) is 9.73. The second-order valence-corrected chi connectivity index (χ2v) is 7.49. The first-order chi connectivity index (χ1) is 12.6. The summed E-state index contributed by atoms with van der Waals surface area (Å²) < 4.78 is 40.3. The summed E-state index contributed by atoms with van der Waals surface area (Å²) in [6, 6.07) is 19.7. The van der Waals surface area contributed by atoms with Gasteiger partial charge in [-0.3, -0.25) is 0 Å². The van der Waals surface area contributed by atoms with Crippen LogP contribution in [-0.4, -0.2) is 37.4 Å². The van der Waals surface area contributed by atoms with Crippen molar-refractivity contribution in [2.24, 2.45) is 0 Å². The molecule has 0 bridgehead atoms. The molecule has 7 nitrogen and oxygen atoms in total. The summed E-state index contributed by atoms with van der Waals surface area (Å²) in [6.07, 6.45) is 1.20. The van der Waals surface area contributed by atoms with E-state index in [1.54, 1.807) is 7.11 Å². The SMILES string of the molecule is COc1cccc(C[N+]2(C)CCC(c3ccccc3)N2C)c1.[O-][Cl+3]([O-])([O-])[O-]. The summed E-state index contributed by atoms with van der Waals surface area (Å²) in [5.74, 6) is 0.936. The van der Waals surface area contributed by atoms with Crippen molar-refractivity contribution in [1.82, 2.24) is 5.01 Å². The number of halogens is 1. The lowest BCUT2D eigenvalue weighted by Gasteiger charge is -2.37. The fourth-order valence-corrected chi connectivity index (χ4v) is 3.49. The molecule has 2 atom stereocenters. The average molecular weight is 397 g/mol. The molecule has 1 fully saturated rings. The topological polar surface area (TPSA) is 105 Å². The fraction of sp³-hybridized carbons (Fsp3) is 0.368. The molecule has 0 saturated carbocycles. The second-order valence-electron chi connectivity index (χ2n) is 6.74. The quantitative estimate of drug-likeness (QED) is 0.606. The number of hydrogen-bond acceptors (Lipinski definition) is 6. The Bertz CT molecular complexity index is 720. The summed E-state index contributed by atoms with van der Waals surface area (Å²) >= 11 is 0. The Balaban J connectivity index is 0.000000465. The van der Waals surface area contributed by atoms with Crippen LogP contribution in [0.4, 0.5) is 0 Å². The average Bonchev–Trinajstić information content (AvgIpc) is 2.89. The molecule has 1 aliphatic heterocycles. The third kappa shape index (κ3) is 6.44. The van der Waals surface area contributed by atoms with E-state index in [1.165, 1.54) is 17.5 Å². The molecular weight excluding hydrogens is 372 g/mol. The molecule has 1 saturated heterocycles. The lowest BCUT2D eigenvalue weighted by atomic mass is 10.1. The minimum atomic E-state index is -4.94. The van der Waals surface area contributed by atoms with E-state index < -0.39 is 10.2 Å². The van der Waals surface area contributed by atoms with Crippen molar-refractivity contribution in [1.29, 1.82) is 0 Å². The monoisotopic (exact) mass is 396 g/mol. The van der Waals surface area contributed by atoms with Gasteiger partial charge in [0, 0.05) is 19.0 Å². The Hall–Kier alpha value is -1.71. The molecule has 148 valence electrons. The second kappa shape index (κ2) is 8.99. The molecule has 0 spiro atoms. The van der Waals surface area contributed by atoms with E-state index in [9.17, 15) is 0 Å². The number of methoxy groups -OCH3 is 1. The van der Waals surface area contributed by atoms with Crippen molar-refractivity contribution in [3.05, 3.63) is 65.7 Å². The Morgan fingerprint density at radius 3 is 2.30 bits per heavy atom. The third-order valence-electron chi connectivity index (χ3n) is 4.94. The molecule has 2 unspecified atom stereocenters. The number of nitrogens with zero attached hydrogens (tertiary/aromatic N) is 2. The Morgan fingerprint density at radius 1 is 1.07 bits per heavy atom. The third-order valence-corrected chi connectivity index (χ3v) is 4.94. The number of quaternary nitrogens is 1. The van der Waals surface area contributed by atoms with Gasteiger partial charge in [0.2, 0.25) is 0 Å². The van der Waals surface area contributed by atoms with Crippen LogP contribution in [0.5, 0.6) is 5.75 Å². The summed E-state index contributed by atoms with van der Waals surface area (Å²) in [5.41, 5.74) is 2.74. The smallest absolute Gasteiger partial charge is 0.122 e. The van der Waals surface area contributed by atoms with Gasteiger partial charge in [-0.1, -0.05) is 42.5 Å². The molecule has 0 aliphatic carbocycles. The van der Waals surface area contributed by atoms with Gasteiger partial charge in [-0.05, 0) is 17.7 Å². The van der Waals surface area contributed by atoms with Gasteiger partial charge in [0.05, 0.1) is 26.7 Å². The van der Waals surface area contributed by atoms with Gasteiger partial charge in [-0.15, -0.1) is 10.2 Å². The van der Waals surface area contributed by atoms with E-state index in [0.717, 1.165) is 23.4 Å². The maximum absolute atomic E-state index is 8.49. The molecule has 0 radical (unpaired) electrons. The molecule has 0 N–H and O–H groups in total. The van der Waals surface area contributed by atoms with Crippen LogP contribution >= 0.6 is 0 Å². The first-order valence-electron chi connectivity index (χ1n) is 8.50. The molecule has 0 aromatic heterocycles. The zero-order valence-corrected chi connectivity index (χ0v) is 16.5. The molecular formula is C19H25ClN2O5. The molecule has 1 heterocycles. The van der Waals surface area contributed by atoms with Crippen molar-refractivity contribution in [2.45, 2.75) is 19.0 Å². The molecule has 27 heavy (non-hydrogen) atoms. The van der Waals surface area contributed by atoms with Crippen LogP contribution in [0.15, 0.2) is 54.6 Å². The number of benzene rings is 2. The van der Waals surface area contributed by atoms with Crippen molar-refractivity contribution >= 4 is 0 Å². The summed E-state index contributed by atoms with van der Waals surface area (Å²) in [7, 11) is 1.34. The highest BCUT2D eigenvalue weighted by Gasteiger charge is 2.41. The highest BCUT2D eigenvalue weighted by molar-refractivity contribution is 5.28. The Labute approximate surface area is 161 Å². The largest absolute Gasteiger partial charge is 0.497 e. The van der Waals surface area contributed by atoms with Crippen molar-refractivity contribution in [3.63, 3.8) is 0 Å². The van der Waals surface area contributed by atoms with E-state index in [0.29, 0.717) is 6.04 Å². The predicted octanol–water partition coefficient (Wildman–Crippen LogP) is -1.12. The van der Waals surface area contributed by atoms with E-state index >= 15 is 0 Å². The number of hydrogen-bond donors (Lipinski definition) is 0. The van der Waals surface area contributed by atoms with Crippen LogP contribution in [0.25, 0.3) is 0 Å². The number of ether oxygens (including phenoxy) is 1. The molecule has 2 aromatic carbocycles. The van der Waals surface area contributed by atoms with Crippen LogP contribution < -0.4 is 23.4 Å².